The van der Waals surface area contributed by atoms with Crippen molar-refractivity contribution in [1.82, 2.24) is 0 Å². The van der Waals surface area contributed by atoms with E-state index in [1.54, 1.807) is 24.3 Å². The molecule has 186 valence electrons. The van der Waals surface area contributed by atoms with E-state index in [4.69, 9.17) is 44.3 Å². The summed E-state index contributed by atoms with van der Waals surface area (Å²) < 4.78 is 11.9. The third kappa shape index (κ3) is 6.36. The molecule has 0 aliphatic carbocycles. The van der Waals surface area contributed by atoms with E-state index in [1.807, 2.05) is 55.5 Å². The number of nitriles is 1. The molecule has 0 bridgehead atoms. The zero-order valence-electron chi connectivity index (χ0n) is 19.7. The zero-order valence-corrected chi connectivity index (χ0v) is 22.0. The van der Waals surface area contributed by atoms with Gasteiger partial charge in [0.2, 0.25) is 0 Å². The molecule has 0 saturated heterocycles. The topological polar surface area (TPSA) is 71.3 Å². The third-order valence-electron chi connectivity index (χ3n) is 5.44. The first-order valence-corrected chi connectivity index (χ1v) is 12.5. The molecule has 4 aromatic carbocycles. The quantitative estimate of drug-likeness (QED) is 0.176. The number of benzene rings is 4. The lowest BCUT2D eigenvalue weighted by Crippen LogP contribution is -2.13. The number of carbonyl (C=O) groups excluding carboxylic acids is 1. The van der Waals surface area contributed by atoms with Crippen LogP contribution in [0.4, 0.5) is 5.69 Å². The molecule has 4 rings (SSSR count). The van der Waals surface area contributed by atoms with Crippen LogP contribution < -0.4 is 14.8 Å². The van der Waals surface area contributed by atoms with Crippen LogP contribution in [0.3, 0.4) is 0 Å². The van der Waals surface area contributed by atoms with E-state index in [1.165, 1.54) is 12.1 Å². The molecule has 0 heterocycles. The van der Waals surface area contributed by atoms with Gasteiger partial charge >= 0.3 is 0 Å². The number of rotatable bonds is 8. The maximum atomic E-state index is 12.7. The number of amides is 1. The first kappa shape index (κ1) is 26.4. The van der Waals surface area contributed by atoms with Crippen LogP contribution in [0.25, 0.3) is 16.8 Å². The first-order valence-electron chi connectivity index (χ1n) is 11.3. The lowest BCUT2D eigenvalue weighted by molar-refractivity contribution is -0.112. The molecule has 0 unspecified atom stereocenters. The molecule has 8 heteroatoms. The standard InChI is InChI=1S/C29H21Cl3N2O3/c1-2-36-27-14-18(12-21(16-33)29(35)34-22-10-11-24(30)25(31)15-22)13-26(32)28(27)37-17-20-8-5-7-19-6-3-4-9-23(19)20/h3-15H,2,17H2,1H3,(H,34,35)/b21-12+. The highest BCUT2D eigenvalue weighted by atomic mass is 35.5. The van der Waals surface area contributed by atoms with Gasteiger partial charge in [0.25, 0.3) is 5.91 Å². The molecule has 0 spiro atoms. The summed E-state index contributed by atoms with van der Waals surface area (Å²) in [7, 11) is 0. The van der Waals surface area contributed by atoms with Gasteiger partial charge in [-0.2, -0.15) is 5.26 Å². The van der Waals surface area contributed by atoms with Crippen molar-refractivity contribution < 1.29 is 14.3 Å². The largest absolute Gasteiger partial charge is 0.490 e. The summed E-state index contributed by atoms with van der Waals surface area (Å²) >= 11 is 18.5. The van der Waals surface area contributed by atoms with Crippen molar-refractivity contribution in [2.45, 2.75) is 13.5 Å². The fourth-order valence-electron chi connectivity index (χ4n) is 3.73. The number of hydrogen-bond donors (Lipinski definition) is 1. The Hall–Kier alpha value is -3.69. The minimum absolute atomic E-state index is 0.131. The van der Waals surface area contributed by atoms with Crippen LogP contribution in [0.5, 0.6) is 11.5 Å². The summed E-state index contributed by atoms with van der Waals surface area (Å²) in [6.45, 7) is 2.50. The van der Waals surface area contributed by atoms with Crippen LogP contribution in [-0.4, -0.2) is 12.5 Å². The van der Waals surface area contributed by atoms with E-state index in [0.717, 1.165) is 16.3 Å². The lowest BCUT2D eigenvalue weighted by Gasteiger charge is -2.15. The molecule has 1 amide bonds. The van der Waals surface area contributed by atoms with Gasteiger partial charge < -0.3 is 14.8 Å². The smallest absolute Gasteiger partial charge is 0.266 e. The molecule has 0 aliphatic rings. The molecule has 0 saturated carbocycles. The van der Waals surface area contributed by atoms with Crippen molar-refractivity contribution in [3.63, 3.8) is 0 Å². The Morgan fingerprint density at radius 1 is 0.946 bits per heavy atom. The predicted molar refractivity (Wildman–Crippen MR) is 150 cm³/mol. The Kier molecular flexibility index (Phi) is 8.58. The van der Waals surface area contributed by atoms with E-state index in [2.05, 4.69) is 5.32 Å². The third-order valence-corrected chi connectivity index (χ3v) is 6.46. The summed E-state index contributed by atoms with van der Waals surface area (Å²) in [6.07, 6.45) is 1.43. The normalized spacial score (nSPS) is 11.2. The molecular formula is C29H21Cl3N2O3. The second-order valence-electron chi connectivity index (χ2n) is 7.94. The van der Waals surface area contributed by atoms with Gasteiger partial charge in [-0.25, -0.2) is 0 Å². The van der Waals surface area contributed by atoms with Gasteiger partial charge in [-0.15, -0.1) is 0 Å². The molecule has 5 nitrogen and oxygen atoms in total. The number of nitrogens with one attached hydrogen (secondary N) is 1. The fraction of sp³-hybridized carbons (Fsp3) is 0.103. The van der Waals surface area contributed by atoms with E-state index in [-0.39, 0.29) is 17.2 Å². The van der Waals surface area contributed by atoms with Crippen molar-refractivity contribution in [1.29, 1.82) is 5.26 Å². The Bertz CT molecular complexity index is 1540. The van der Waals surface area contributed by atoms with Crippen LogP contribution in [0.2, 0.25) is 15.1 Å². The number of halogens is 3. The van der Waals surface area contributed by atoms with Crippen LogP contribution in [0.1, 0.15) is 18.1 Å². The van der Waals surface area contributed by atoms with Crippen molar-refractivity contribution >= 4 is 63.2 Å². The van der Waals surface area contributed by atoms with Gasteiger partial charge in [-0.05, 0) is 65.2 Å². The zero-order chi connectivity index (χ0) is 26.4. The Labute approximate surface area is 229 Å². The predicted octanol–water partition coefficient (Wildman–Crippen LogP) is 8.32. The highest BCUT2D eigenvalue weighted by Gasteiger charge is 2.16. The number of fused-ring (bicyclic) bond motifs is 1. The van der Waals surface area contributed by atoms with Crippen molar-refractivity contribution in [2.75, 3.05) is 11.9 Å². The minimum Gasteiger partial charge on any atom is -0.490 e. The number of nitrogens with zero attached hydrogens (tertiary/aromatic N) is 1. The molecule has 37 heavy (non-hydrogen) atoms. The van der Waals surface area contributed by atoms with Gasteiger partial charge in [0.1, 0.15) is 18.2 Å². The summed E-state index contributed by atoms with van der Waals surface area (Å²) in [5.41, 5.74) is 1.79. The molecule has 0 radical (unpaired) electrons. The highest BCUT2D eigenvalue weighted by molar-refractivity contribution is 6.42. The van der Waals surface area contributed by atoms with Gasteiger partial charge in [0.15, 0.2) is 11.5 Å². The molecular weight excluding hydrogens is 531 g/mol. The lowest BCUT2D eigenvalue weighted by atomic mass is 10.1. The second kappa shape index (κ2) is 12.0. The van der Waals surface area contributed by atoms with Gasteiger partial charge in [-0.1, -0.05) is 77.3 Å². The van der Waals surface area contributed by atoms with Crippen LogP contribution in [0, 0.1) is 11.3 Å². The Morgan fingerprint density at radius 2 is 1.73 bits per heavy atom. The summed E-state index contributed by atoms with van der Waals surface area (Å²) in [4.78, 5) is 12.7. The van der Waals surface area contributed by atoms with E-state index >= 15 is 0 Å². The fourth-order valence-corrected chi connectivity index (χ4v) is 4.30. The number of ether oxygens (including phenoxy) is 2. The van der Waals surface area contributed by atoms with Crippen LogP contribution >= 0.6 is 34.8 Å². The average Bonchev–Trinajstić information content (AvgIpc) is 2.89. The summed E-state index contributed by atoms with van der Waals surface area (Å²) in [6, 6.07) is 23.9. The molecule has 0 aliphatic heterocycles. The molecule has 0 atom stereocenters. The summed E-state index contributed by atoms with van der Waals surface area (Å²) in [5.74, 6) is 0.183. The number of hydrogen-bond acceptors (Lipinski definition) is 4. The summed E-state index contributed by atoms with van der Waals surface area (Å²) in [5, 5.41) is 15.4. The van der Waals surface area contributed by atoms with Crippen molar-refractivity contribution in [3.05, 3.63) is 105 Å². The monoisotopic (exact) mass is 550 g/mol. The number of anilines is 1. The maximum absolute atomic E-state index is 12.7. The average molecular weight is 552 g/mol. The van der Waals surface area contributed by atoms with E-state index < -0.39 is 5.91 Å². The second-order valence-corrected chi connectivity index (χ2v) is 9.16. The number of carbonyl (C=O) groups is 1. The molecule has 4 aromatic rings. The van der Waals surface area contributed by atoms with Crippen LogP contribution in [-0.2, 0) is 11.4 Å². The maximum Gasteiger partial charge on any atom is 0.266 e. The Morgan fingerprint density at radius 3 is 2.49 bits per heavy atom. The Balaban J connectivity index is 1.59. The van der Waals surface area contributed by atoms with Crippen molar-refractivity contribution in [3.8, 4) is 17.6 Å². The molecule has 0 aromatic heterocycles. The van der Waals surface area contributed by atoms with Crippen LogP contribution in [0.15, 0.2) is 78.4 Å². The first-order chi connectivity index (χ1) is 17.9. The molecule has 1 N–H and O–H groups in total. The van der Waals surface area contributed by atoms with Gasteiger partial charge in [0, 0.05) is 5.69 Å². The van der Waals surface area contributed by atoms with E-state index in [0.29, 0.717) is 39.4 Å². The SMILES string of the molecule is CCOc1cc(/C=C(\C#N)C(=O)Nc2ccc(Cl)c(Cl)c2)cc(Cl)c1OCc1cccc2ccccc12. The van der Waals surface area contributed by atoms with E-state index in [9.17, 15) is 10.1 Å². The van der Waals surface area contributed by atoms with Crippen molar-refractivity contribution in [2.24, 2.45) is 0 Å². The van der Waals surface area contributed by atoms with Gasteiger partial charge in [0.05, 0.1) is 21.7 Å². The van der Waals surface area contributed by atoms with Gasteiger partial charge in [-0.3, -0.25) is 4.79 Å². The highest BCUT2D eigenvalue weighted by Crippen LogP contribution is 2.38. The molecule has 0 fully saturated rings. The minimum atomic E-state index is -0.605.